The molecule has 6 aromatic heterocycles. The van der Waals surface area contributed by atoms with Gasteiger partial charge in [0, 0.05) is 69.8 Å². The van der Waals surface area contributed by atoms with Crippen LogP contribution in [0.3, 0.4) is 0 Å². The first-order valence-electron chi connectivity index (χ1n) is 43.2. The van der Waals surface area contributed by atoms with E-state index in [1.807, 2.05) is 182 Å². The molecule has 135 heavy (non-hydrogen) atoms. The van der Waals surface area contributed by atoms with Crippen molar-refractivity contribution in [2.24, 2.45) is 0 Å². The van der Waals surface area contributed by atoms with Gasteiger partial charge in [-0.15, -0.1) is 0 Å². The number of rotatable bonds is 27. The van der Waals surface area contributed by atoms with Gasteiger partial charge in [0.1, 0.15) is 70.6 Å². The van der Waals surface area contributed by atoms with Gasteiger partial charge in [-0.2, -0.15) is 15.3 Å². The minimum absolute atomic E-state index is 0.0487. The number of fused-ring (bicyclic) bond motifs is 3. The monoisotopic (exact) mass is 1820 g/mol. The Labute approximate surface area is 773 Å². The predicted octanol–water partition coefficient (Wildman–Crippen LogP) is 17.0. The molecule has 8 aromatic carbocycles. The first-order chi connectivity index (χ1) is 65.8. The Bertz CT molecular complexity index is 6600. The van der Waals surface area contributed by atoms with Crippen LogP contribution in [0.2, 0.25) is 0 Å². The Balaban J connectivity index is 0.000000154. The number of aromatic nitrogens is 12. The van der Waals surface area contributed by atoms with Crippen molar-refractivity contribution in [3.05, 3.63) is 293 Å². The Morgan fingerprint density at radius 1 is 0.385 bits per heavy atom. The van der Waals surface area contributed by atoms with Crippen LogP contribution in [-0.4, -0.2) is 187 Å². The van der Waals surface area contributed by atoms with E-state index in [2.05, 4.69) is 65.6 Å². The van der Waals surface area contributed by atoms with Crippen LogP contribution in [0.25, 0.3) is 66.9 Å². The molecule has 9 heterocycles. The van der Waals surface area contributed by atoms with Gasteiger partial charge in [-0.25, -0.2) is 63.1 Å². The molecule has 1 unspecified atom stereocenters. The molecule has 3 aliphatic heterocycles. The molecule has 3 aliphatic rings. The molecule has 0 radical (unpaired) electrons. The molecule has 14 aromatic rings. The highest BCUT2D eigenvalue weighted by molar-refractivity contribution is 6.06. The third-order valence-electron chi connectivity index (χ3n) is 21.7. The van der Waals surface area contributed by atoms with Crippen molar-refractivity contribution >= 4 is 104 Å². The summed E-state index contributed by atoms with van der Waals surface area (Å²) in [6.45, 7) is 15.5. The first kappa shape index (κ1) is 92.4. The van der Waals surface area contributed by atoms with E-state index < -0.39 is 56.1 Å². The first-order valence-corrected chi connectivity index (χ1v) is 43.2. The lowest BCUT2D eigenvalue weighted by Crippen LogP contribution is -2.40. The summed E-state index contributed by atoms with van der Waals surface area (Å²) in [6.07, 6.45) is 8.85. The lowest BCUT2D eigenvalue weighted by Gasteiger charge is -2.32. The molecule has 6 amide bonds. The second-order valence-corrected chi connectivity index (χ2v) is 30.8. The molecule has 0 saturated carbocycles. The highest BCUT2D eigenvalue weighted by Gasteiger charge is 2.34. The summed E-state index contributed by atoms with van der Waals surface area (Å²) in [6, 6.07) is 67.4. The average Bonchev–Trinajstić information content (AvgIpc) is 1.61. The van der Waals surface area contributed by atoms with Crippen molar-refractivity contribution in [1.82, 2.24) is 73.9 Å². The molecular weight excluding hydrogens is 1730 g/mol. The number of piperidine rings is 3. The fraction of sp³-hybridized carbons (Fsp3) is 0.212. The summed E-state index contributed by atoms with van der Waals surface area (Å²) in [5.41, 5.74) is 6.27. The molecule has 3 N–H and O–H groups in total. The van der Waals surface area contributed by atoms with Crippen molar-refractivity contribution in [3.8, 4) is 68.3 Å². The van der Waals surface area contributed by atoms with E-state index in [1.54, 1.807) is 71.2 Å². The zero-order valence-electron chi connectivity index (χ0n) is 73.4. The predicted molar refractivity (Wildman–Crippen MR) is 496 cm³/mol. The molecule has 17 rings (SSSR count). The number of carbonyl (C=O) groups is 9. The number of likely N-dealkylation sites (tertiary alicyclic amines) is 3. The molecule has 3 fully saturated rings. The average molecular weight is 1820 g/mol. The minimum Gasteiger partial charge on any atom is -0.457 e. The Morgan fingerprint density at radius 3 is 1.04 bits per heavy atom. The summed E-state index contributed by atoms with van der Waals surface area (Å²) in [7, 11) is 0. The van der Waals surface area contributed by atoms with Crippen LogP contribution in [0.4, 0.5) is 31.8 Å². The third-order valence-corrected chi connectivity index (χ3v) is 21.7. The van der Waals surface area contributed by atoms with Crippen LogP contribution in [0.1, 0.15) is 86.4 Å². The number of carbonyl (C=O) groups excluding carboxylic acids is 9. The Morgan fingerprint density at radius 2 is 0.704 bits per heavy atom. The highest BCUT2D eigenvalue weighted by Crippen LogP contribution is 2.41. The number of benzene rings is 8. The Kier molecular flexibility index (Phi) is 30.3. The lowest BCUT2D eigenvalue weighted by atomic mass is 10.1. The number of nitrogens with one attached hydrogen (secondary N) is 3. The minimum atomic E-state index is -1.10. The Hall–Kier alpha value is -17.3. The third kappa shape index (κ3) is 23.6. The number of anilines is 3. The summed E-state index contributed by atoms with van der Waals surface area (Å²) < 4.78 is 53.7. The topological polar surface area (TPSA) is 413 Å². The van der Waals surface area contributed by atoms with E-state index in [-0.39, 0.29) is 59.7 Å². The highest BCUT2D eigenvalue weighted by atomic mass is 16.7. The van der Waals surface area contributed by atoms with Gasteiger partial charge in [0.05, 0.1) is 46.3 Å². The van der Waals surface area contributed by atoms with Gasteiger partial charge in [-0.05, 0) is 184 Å². The summed E-state index contributed by atoms with van der Waals surface area (Å²) >= 11 is 0. The van der Waals surface area contributed by atoms with E-state index >= 15 is 0 Å². The van der Waals surface area contributed by atoms with Gasteiger partial charge in [0.2, 0.25) is 37.6 Å². The number of hydrogen-bond donors (Lipinski definition) is 3. The summed E-state index contributed by atoms with van der Waals surface area (Å²) in [4.78, 5) is 143. The van der Waals surface area contributed by atoms with Gasteiger partial charge >= 0.3 is 36.2 Å². The van der Waals surface area contributed by atoms with Crippen molar-refractivity contribution in [3.63, 3.8) is 0 Å². The number of nitrogens with zero attached hydrogens (tertiary/aromatic N) is 15. The molecule has 3 saturated heterocycles. The largest absolute Gasteiger partial charge is 0.457 e. The maximum Gasteiger partial charge on any atom is 0.415 e. The van der Waals surface area contributed by atoms with Gasteiger partial charge in [-0.1, -0.05) is 123 Å². The van der Waals surface area contributed by atoms with Gasteiger partial charge in [-0.3, -0.25) is 39.9 Å². The molecule has 0 bridgehead atoms. The second kappa shape index (κ2) is 44.3. The van der Waals surface area contributed by atoms with E-state index in [9.17, 15) is 43.2 Å². The fourth-order valence-electron chi connectivity index (χ4n) is 15.5. The summed E-state index contributed by atoms with van der Waals surface area (Å²) in [5.74, 6) is 2.31. The van der Waals surface area contributed by atoms with E-state index in [4.69, 9.17) is 57.9 Å². The van der Waals surface area contributed by atoms with Gasteiger partial charge in [0.15, 0.2) is 34.4 Å². The fourth-order valence-corrected chi connectivity index (χ4v) is 15.5. The van der Waals surface area contributed by atoms with Crippen LogP contribution in [0.15, 0.2) is 281 Å². The quantitative estimate of drug-likeness (QED) is 0.0186. The zero-order valence-corrected chi connectivity index (χ0v) is 73.4. The van der Waals surface area contributed by atoms with Crippen molar-refractivity contribution in [2.45, 2.75) is 83.2 Å². The number of ether oxygens (including phenoxy) is 9. The lowest BCUT2D eigenvalue weighted by molar-refractivity contribution is -0.161. The number of para-hydroxylation sites is 3. The van der Waals surface area contributed by atoms with Gasteiger partial charge < -0.3 is 57.3 Å². The second-order valence-electron chi connectivity index (χ2n) is 30.8. The maximum absolute atomic E-state index is 12.8. The molecule has 4 atom stereocenters. The van der Waals surface area contributed by atoms with Crippen LogP contribution < -0.4 is 30.2 Å². The maximum atomic E-state index is 12.8. The zero-order chi connectivity index (χ0) is 94.1. The van der Waals surface area contributed by atoms with Crippen molar-refractivity contribution < 1.29 is 85.8 Å². The smallest absolute Gasteiger partial charge is 0.415 e. The molecule has 0 aliphatic carbocycles. The molecule has 36 heteroatoms. The normalized spacial score (nSPS) is 14.7. The van der Waals surface area contributed by atoms with E-state index in [0.717, 1.165) is 60.8 Å². The molecule has 686 valence electrons. The van der Waals surface area contributed by atoms with Crippen molar-refractivity contribution in [1.29, 1.82) is 0 Å². The van der Waals surface area contributed by atoms with Crippen LogP contribution in [-0.2, 0) is 58.8 Å². The molecule has 36 nitrogen and oxygen atoms in total. The van der Waals surface area contributed by atoms with E-state index in [0.29, 0.717) is 130 Å². The van der Waals surface area contributed by atoms with Crippen molar-refractivity contribution in [2.75, 3.05) is 68.8 Å². The van der Waals surface area contributed by atoms with Gasteiger partial charge in [0.25, 0.3) is 0 Å². The standard InChI is InChI=1S/C35H32N6O6.C34H30N6O6.C30H30N6O6/c1-2-29(42)40-19-9-12-26(21-40)41-34-31(32(39-41)25-15-17-28(18-16-25)47-27-13-7-4-8-14-27)33(36-22-37-34)38-35(44)46-23-45-30(43)20-24-10-5-3-6-11-24;1-2-28(41)39-19-9-12-25(20-39)40-32-29(30(38-40)23-15-17-27(18-16-23)46-26-13-7-4-8-14-26)31(35-21-36-32)37-34(43)45-22-44-33(42)24-10-5-3-6-11-24;1-4-25(38)35-16-8-9-22(17-35)36-29-26(28(31-18-32-29)33-30(39)41-20(3)40-19(2)37)27(34-36)21-12-14-24(15-13-21)42-23-10-6-5-7-11-23/h2-8,10-11,13-18,22,26H,1,9,12,19-21,23H2,(H,36,37,38,44);2-8,10-11,13-18,21,25H,1,9,12,19-20,22H2,(H,35,36,37,43);4-7,10-15,18,20,22H,1,8-9,16-17H2,2-3H3,(H,31,32,33,39)/t26-;25-;20?,22-/m111/s1. The van der Waals surface area contributed by atoms with Crippen LogP contribution >= 0.6 is 0 Å². The number of hydrogen-bond acceptors (Lipinski definition) is 27. The van der Waals surface area contributed by atoms with Crippen LogP contribution in [0.5, 0.6) is 34.5 Å². The number of esters is 3. The molecule has 0 spiro atoms. The summed E-state index contributed by atoms with van der Waals surface area (Å²) in [5, 5.41) is 24.2. The molecular formula is C99H92N18O18. The number of amides is 6. The van der Waals surface area contributed by atoms with E-state index in [1.165, 1.54) is 51.1 Å². The van der Waals surface area contributed by atoms with Crippen LogP contribution in [0, 0.1) is 0 Å². The SMILES string of the molecule is C=CC(=O)N1CCC[C@@H](n2nc(-c3ccc(Oc4ccccc4)cc3)c3c(NC(=O)OC(C)OC(C)=O)ncnc32)C1.C=CC(=O)N1CCC[C@@H](n2nc(-c3ccc(Oc4ccccc4)cc3)c3c(NC(=O)OCOC(=O)Cc4ccccc4)ncnc32)C1.C=CC(=O)N1CCC[C@@H](n2nc(-c3ccc(Oc4ccccc4)cc3)c3c(NC(=O)OCOC(=O)c4ccccc4)ncnc32)C1.